The quantitative estimate of drug-likeness (QED) is 0.916. The molecule has 0 fully saturated rings. The zero-order chi connectivity index (χ0) is 13.9. The van der Waals surface area contributed by atoms with Gasteiger partial charge in [-0.1, -0.05) is 0 Å². The van der Waals surface area contributed by atoms with Crippen LogP contribution in [-0.2, 0) is 6.54 Å². The van der Waals surface area contributed by atoms with E-state index in [4.69, 9.17) is 5.26 Å². The highest BCUT2D eigenvalue weighted by atomic mass is 15.1. The molecule has 2 aromatic rings. The summed E-state index contributed by atoms with van der Waals surface area (Å²) in [5, 5.41) is 12.3. The Labute approximate surface area is 113 Å². The van der Waals surface area contributed by atoms with Crippen molar-refractivity contribution in [3.8, 4) is 11.8 Å². The molecule has 0 aliphatic rings. The van der Waals surface area contributed by atoms with Gasteiger partial charge in [-0.15, -0.1) is 0 Å². The molecule has 0 spiro atoms. The van der Waals surface area contributed by atoms with Gasteiger partial charge >= 0.3 is 0 Å². The van der Waals surface area contributed by atoms with Crippen LogP contribution in [0.3, 0.4) is 0 Å². The highest BCUT2D eigenvalue weighted by molar-refractivity contribution is 5.40. The second-order valence-electron chi connectivity index (χ2n) is 5.52. The lowest BCUT2D eigenvalue weighted by Crippen LogP contribution is -2.35. The van der Waals surface area contributed by atoms with Crippen molar-refractivity contribution in [1.29, 1.82) is 5.26 Å². The molecule has 0 atom stereocenters. The zero-order valence-corrected chi connectivity index (χ0v) is 11.5. The number of nitrogens with zero attached hydrogens (tertiary/aromatic N) is 3. The molecule has 0 aliphatic carbocycles. The first kappa shape index (κ1) is 13.3. The molecule has 2 rings (SSSR count). The van der Waals surface area contributed by atoms with E-state index in [2.05, 4.69) is 37.1 Å². The van der Waals surface area contributed by atoms with E-state index in [0.29, 0.717) is 5.56 Å². The summed E-state index contributed by atoms with van der Waals surface area (Å²) in [5.74, 6) is 0. The van der Waals surface area contributed by atoms with Crippen LogP contribution in [0.4, 0.5) is 0 Å². The summed E-state index contributed by atoms with van der Waals surface area (Å²) in [7, 11) is 0. The predicted octanol–water partition coefficient (Wildman–Crippen LogP) is 2.63. The lowest BCUT2D eigenvalue weighted by Gasteiger charge is -2.21. The highest BCUT2D eigenvalue weighted by Gasteiger charge is 2.11. The van der Waals surface area contributed by atoms with E-state index in [1.54, 1.807) is 6.33 Å². The van der Waals surface area contributed by atoms with Crippen LogP contribution in [0.2, 0.25) is 0 Å². The van der Waals surface area contributed by atoms with Crippen LogP contribution >= 0.6 is 0 Å². The molecule has 98 valence electrons. The molecule has 0 aliphatic heterocycles. The third-order valence-corrected chi connectivity index (χ3v) is 2.79. The van der Waals surface area contributed by atoms with Gasteiger partial charge < -0.3 is 9.88 Å². The Hall–Kier alpha value is -2.12. The van der Waals surface area contributed by atoms with Gasteiger partial charge in [-0.2, -0.15) is 5.26 Å². The topological polar surface area (TPSA) is 53.6 Å². The van der Waals surface area contributed by atoms with Crippen LogP contribution in [0.1, 0.15) is 32.0 Å². The summed E-state index contributed by atoms with van der Waals surface area (Å²) >= 11 is 0. The molecule has 4 heteroatoms. The molecular formula is C15H18N4. The molecule has 0 saturated heterocycles. The molecule has 0 radical (unpaired) electrons. The summed E-state index contributed by atoms with van der Waals surface area (Å²) in [6, 6.07) is 9.62. The predicted molar refractivity (Wildman–Crippen MR) is 74.9 cm³/mol. The number of nitrogens with one attached hydrogen (secondary N) is 1. The number of nitriles is 1. The van der Waals surface area contributed by atoms with Gasteiger partial charge in [0.05, 0.1) is 23.7 Å². The number of benzene rings is 1. The molecule has 1 aromatic heterocycles. The molecule has 1 aromatic carbocycles. The maximum Gasteiger partial charge on any atom is 0.0994 e. The maximum atomic E-state index is 8.81. The maximum absolute atomic E-state index is 8.81. The Morgan fingerprint density at radius 2 is 1.95 bits per heavy atom. The zero-order valence-electron chi connectivity index (χ0n) is 11.5. The van der Waals surface area contributed by atoms with Crippen molar-refractivity contribution >= 4 is 0 Å². The summed E-state index contributed by atoms with van der Waals surface area (Å²) in [6.07, 6.45) is 3.65. The summed E-state index contributed by atoms with van der Waals surface area (Å²) < 4.78 is 2.03. The molecule has 0 saturated carbocycles. The van der Waals surface area contributed by atoms with E-state index in [9.17, 15) is 0 Å². The van der Waals surface area contributed by atoms with Crippen LogP contribution in [-0.4, -0.2) is 15.1 Å². The number of aromatic nitrogens is 2. The fourth-order valence-electron chi connectivity index (χ4n) is 1.74. The second kappa shape index (κ2) is 5.25. The van der Waals surface area contributed by atoms with Crippen LogP contribution < -0.4 is 5.32 Å². The number of imidazole rings is 1. The van der Waals surface area contributed by atoms with Crippen molar-refractivity contribution in [2.45, 2.75) is 32.9 Å². The minimum Gasteiger partial charge on any atom is -0.306 e. The molecule has 19 heavy (non-hydrogen) atoms. The van der Waals surface area contributed by atoms with Crippen molar-refractivity contribution in [1.82, 2.24) is 14.9 Å². The smallest absolute Gasteiger partial charge is 0.0994 e. The van der Waals surface area contributed by atoms with Crippen molar-refractivity contribution < 1.29 is 0 Å². The first-order chi connectivity index (χ1) is 8.99. The van der Waals surface area contributed by atoms with Crippen molar-refractivity contribution in [2.75, 3.05) is 0 Å². The summed E-state index contributed by atoms with van der Waals surface area (Å²) in [5.41, 5.74) is 2.85. The molecule has 1 heterocycles. The van der Waals surface area contributed by atoms with Gasteiger partial charge in [0.2, 0.25) is 0 Å². The van der Waals surface area contributed by atoms with Gasteiger partial charge in [0.25, 0.3) is 0 Å². The molecule has 0 bridgehead atoms. The van der Waals surface area contributed by atoms with Crippen molar-refractivity contribution in [3.63, 3.8) is 0 Å². The molecule has 0 amide bonds. The third kappa shape index (κ3) is 3.43. The Morgan fingerprint density at radius 1 is 1.26 bits per heavy atom. The normalized spacial score (nSPS) is 11.3. The number of hydrogen-bond donors (Lipinski definition) is 1. The Bertz CT molecular complexity index is 582. The average molecular weight is 254 g/mol. The van der Waals surface area contributed by atoms with Gasteiger partial charge in [-0.25, -0.2) is 4.98 Å². The average Bonchev–Trinajstić information content (AvgIpc) is 2.84. The van der Waals surface area contributed by atoms with Gasteiger partial charge in [0, 0.05) is 24.0 Å². The van der Waals surface area contributed by atoms with E-state index in [1.165, 1.54) is 0 Å². The van der Waals surface area contributed by atoms with Crippen LogP contribution in [0.25, 0.3) is 5.69 Å². The third-order valence-electron chi connectivity index (χ3n) is 2.79. The summed E-state index contributed by atoms with van der Waals surface area (Å²) in [4.78, 5) is 4.20. The van der Waals surface area contributed by atoms with Gasteiger partial charge in [0.1, 0.15) is 0 Å². The van der Waals surface area contributed by atoms with E-state index in [0.717, 1.165) is 17.9 Å². The van der Waals surface area contributed by atoms with Crippen LogP contribution in [0.15, 0.2) is 36.8 Å². The SMILES string of the molecule is CC(C)(C)NCc1cncn1-c1ccc(C#N)cc1. The van der Waals surface area contributed by atoms with Crippen molar-refractivity contribution in [2.24, 2.45) is 0 Å². The van der Waals surface area contributed by atoms with Gasteiger partial charge in [0.15, 0.2) is 0 Å². The monoisotopic (exact) mass is 254 g/mol. The fourth-order valence-corrected chi connectivity index (χ4v) is 1.74. The lowest BCUT2D eigenvalue weighted by atomic mass is 10.1. The summed E-state index contributed by atoms with van der Waals surface area (Å²) in [6.45, 7) is 7.16. The fraction of sp³-hybridized carbons (Fsp3) is 0.333. The Balaban J connectivity index is 2.21. The molecular weight excluding hydrogens is 236 g/mol. The molecule has 0 unspecified atom stereocenters. The molecule has 1 N–H and O–H groups in total. The first-order valence-electron chi connectivity index (χ1n) is 6.26. The highest BCUT2D eigenvalue weighted by Crippen LogP contribution is 2.13. The first-order valence-corrected chi connectivity index (χ1v) is 6.26. The standard InChI is InChI=1S/C15H18N4/c1-15(2,3)18-10-14-9-17-11-19(14)13-6-4-12(8-16)5-7-13/h4-7,9,11,18H,10H2,1-3H3. The van der Waals surface area contributed by atoms with Crippen LogP contribution in [0.5, 0.6) is 0 Å². The minimum absolute atomic E-state index is 0.0692. The minimum atomic E-state index is 0.0692. The number of rotatable bonds is 3. The lowest BCUT2D eigenvalue weighted by molar-refractivity contribution is 0.419. The van der Waals surface area contributed by atoms with Crippen molar-refractivity contribution in [3.05, 3.63) is 48.0 Å². The van der Waals surface area contributed by atoms with E-state index >= 15 is 0 Å². The van der Waals surface area contributed by atoms with E-state index in [-0.39, 0.29) is 5.54 Å². The van der Waals surface area contributed by atoms with Crippen LogP contribution in [0, 0.1) is 11.3 Å². The largest absolute Gasteiger partial charge is 0.306 e. The Morgan fingerprint density at radius 3 is 2.53 bits per heavy atom. The van der Waals surface area contributed by atoms with Gasteiger partial charge in [-0.05, 0) is 45.0 Å². The van der Waals surface area contributed by atoms with Gasteiger partial charge in [-0.3, -0.25) is 0 Å². The number of hydrogen-bond acceptors (Lipinski definition) is 3. The molecule has 4 nitrogen and oxygen atoms in total. The Kier molecular flexibility index (Phi) is 3.68. The van der Waals surface area contributed by atoms with E-state index in [1.807, 2.05) is 35.0 Å². The van der Waals surface area contributed by atoms with E-state index < -0.39 is 0 Å². The second-order valence-corrected chi connectivity index (χ2v) is 5.52.